The van der Waals surface area contributed by atoms with Gasteiger partial charge >= 0.3 is 11.9 Å². The predicted molar refractivity (Wildman–Crippen MR) is 70.2 cm³/mol. The zero-order valence-electron chi connectivity index (χ0n) is 12.2. The van der Waals surface area contributed by atoms with Crippen molar-refractivity contribution < 1.29 is 19.4 Å². The van der Waals surface area contributed by atoms with Crippen molar-refractivity contribution in [1.82, 2.24) is 0 Å². The molecule has 0 spiro atoms. The predicted octanol–water partition coefficient (Wildman–Crippen LogP) is 3.10. The second kappa shape index (κ2) is 7.39. The standard InChI is InChI=1S/C14H26O4/c1-6-14(4,5)9-11(10(2)3)13(17)18-8-7-12(15)16/h10-11H,6-9H2,1-5H3,(H,15,16). The van der Waals surface area contributed by atoms with Crippen LogP contribution in [0.15, 0.2) is 0 Å². The topological polar surface area (TPSA) is 63.6 Å². The normalized spacial score (nSPS) is 13.4. The Morgan fingerprint density at radius 3 is 2.22 bits per heavy atom. The Bertz CT molecular complexity index is 282. The zero-order chi connectivity index (χ0) is 14.3. The summed E-state index contributed by atoms with van der Waals surface area (Å²) >= 11 is 0. The summed E-state index contributed by atoms with van der Waals surface area (Å²) in [5, 5.41) is 8.51. The molecule has 4 heteroatoms. The van der Waals surface area contributed by atoms with Crippen LogP contribution >= 0.6 is 0 Å². The number of esters is 1. The lowest BCUT2D eigenvalue weighted by Crippen LogP contribution is -2.29. The number of hydrogen-bond donors (Lipinski definition) is 1. The van der Waals surface area contributed by atoms with Crippen LogP contribution in [0, 0.1) is 17.3 Å². The van der Waals surface area contributed by atoms with Crippen molar-refractivity contribution in [3.05, 3.63) is 0 Å². The minimum Gasteiger partial charge on any atom is -0.481 e. The highest BCUT2D eigenvalue weighted by Crippen LogP contribution is 2.32. The quantitative estimate of drug-likeness (QED) is 0.679. The molecule has 0 amide bonds. The molecule has 0 aromatic heterocycles. The molecule has 0 heterocycles. The van der Waals surface area contributed by atoms with Crippen LogP contribution < -0.4 is 0 Å². The molecule has 0 aromatic carbocycles. The molecule has 4 nitrogen and oxygen atoms in total. The van der Waals surface area contributed by atoms with Crippen LogP contribution in [-0.4, -0.2) is 23.7 Å². The van der Waals surface area contributed by atoms with Crippen molar-refractivity contribution in [2.75, 3.05) is 6.61 Å². The molecule has 0 radical (unpaired) electrons. The molecule has 0 saturated heterocycles. The van der Waals surface area contributed by atoms with Crippen LogP contribution in [0.2, 0.25) is 0 Å². The lowest BCUT2D eigenvalue weighted by molar-refractivity contribution is -0.153. The molecule has 0 aliphatic carbocycles. The Morgan fingerprint density at radius 1 is 1.28 bits per heavy atom. The first-order valence-corrected chi connectivity index (χ1v) is 6.58. The maximum absolute atomic E-state index is 11.9. The third-order valence-electron chi connectivity index (χ3n) is 3.40. The minimum absolute atomic E-state index is 0.0378. The van der Waals surface area contributed by atoms with Crippen molar-refractivity contribution in [3.8, 4) is 0 Å². The van der Waals surface area contributed by atoms with E-state index in [1.807, 2.05) is 13.8 Å². The highest BCUT2D eigenvalue weighted by Gasteiger charge is 2.30. The van der Waals surface area contributed by atoms with Gasteiger partial charge in [-0.05, 0) is 17.8 Å². The smallest absolute Gasteiger partial charge is 0.309 e. The van der Waals surface area contributed by atoms with Gasteiger partial charge < -0.3 is 9.84 Å². The van der Waals surface area contributed by atoms with Crippen LogP contribution in [0.5, 0.6) is 0 Å². The summed E-state index contributed by atoms with van der Waals surface area (Å²) < 4.78 is 5.05. The van der Waals surface area contributed by atoms with Gasteiger partial charge in [0.15, 0.2) is 0 Å². The second-order valence-corrected chi connectivity index (χ2v) is 5.88. The van der Waals surface area contributed by atoms with Crippen molar-refractivity contribution in [1.29, 1.82) is 0 Å². The number of hydrogen-bond acceptors (Lipinski definition) is 3. The molecule has 0 saturated carbocycles. The van der Waals surface area contributed by atoms with Gasteiger partial charge in [0.2, 0.25) is 0 Å². The fraction of sp³-hybridized carbons (Fsp3) is 0.857. The Morgan fingerprint density at radius 2 is 1.83 bits per heavy atom. The van der Waals surface area contributed by atoms with Gasteiger partial charge in [-0.25, -0.2) is 0 Å². The number of carboxylic acids is 1. The summed E-state index contributed by atoms with van der Waals surface area (Å²) in [6.07, 6.45) is 1.64. The summed E-state index contributed by atoms with van der Waals surface area (Å²) in [4.78, 5) is 22.3. The van der Waals surface area contributed by atoms with Gasteiger partial charge in [0.25, 0.3) is 0 Å². The highest BCUT2D eigenvalue weighted by atomic mass is 16.5. The van der Waals surface area contributed by atoms with Crippen molar-refractivity contribution in [3.63, 3.8) is 0 Å². The first-order chi connectivity index (χ1) is 8.19. The third kappa shape index (κ3) is 6.62. The maximum atomic E-state index is 11.9. The highest BCUT2D eigenvalue weighted by molar-refractivity contribution is 5.73. The van der Waals surface area contributed by atoms with Gasteiger partial charge in [-0.2, -0.15) is 0 Å². The fourth-order valence-electron chi connectivity index (χ4n) is 1.68. The van der Waals surface area contributed by atoms with E-state index in [4.69, 9.17) is 9.84 Å². The molecule has 1 unspecified atom stereocenters. The first-order valence-electron chi connectivity index (χ1n) is 6.58. The number of aliphatic carboxylic acids is 1. The van der Waals surface area contributed by atoms with E-state index in [1.165, 1.54) is 0 Å². The Kier molecular flexibility index (Phi) is 6.96. The second-order valence-electron chi connectivity index (χ2n) is 5.88. The van der Waals surface area contributed by atoms with Crippen molar-refractivity contribution in [2.24, 2.45) is 17.3 Å². The number of rotatable bonds is 8. The van der Waals surface area contributed by atoms with E-state index >= 15 is 0 Å². The van der Waals surface area contributed by atoms with E-state index in [9.17, 15) is 9.59 Å². The van der Waals surface area contributed by atoms with Gasteiger partial charge in [-0.15, -0.1) is 0 Å². The molecule has 1 atom stereocenters. The van der Waals surface area contributed by atoms with E-state index in [1.54, 1.807) is 0 Å². The fourth-order valence-corrected chi connectivity index (χ4v) is 1.68. The minimum atomic E-state index is -0.946. The van der Waals surface area contributed by atoms with Gasteiger partial charge in [0.1, 0.15) is 6.61 Å². The van der Waals surface area contributed by atoms with Crippen LogP contribution in [-0.2, 0) is 14.3 Å². The molecule has 18 heavy (non-hydrogen) atoms. The molecule has 0 aliphatic rings. The monoisotopic (exact) mass is 258 g/mol. The average Bonchev–Trinajstić information content (AvgIpc) is 2.25. The first kappa shape index (κ1) is 16.9. The van der Waals surface area contributed by atoms with E-state index in [0.29, 0.717) is 0 Å². The van der Waals surface area contributed by atoms with Gasteiger partial charge in [0.05, 0.1) is 12.3 Å². The summed E-state index contributed by atoms with van der Waals surface area (Å²) in [6.45, 7) is 10.3. The Balaban J connectivity index is 4.42. The summed E-state index contributed by atoms with van der Waals surface area (Å²) in [6, 6.07) is 0. The molecule has 1 N–H and O–H groups in total. The van der Waals surface area contributed by atoms with E-state index < -0.39 is 5.97 Å². The summed E-state index contributed by atoms with van der Waals surface area (Å²) in [5.74, 6) is -1.17. The zero-order valence-corrected chi connectivity index (χ0v) is 12.2. The van der Waals surface area contributed by atoms with E-state index in [2.05, 4.69) is 20.8 Å². The van der Waals surface area contributed by atoms with Crippen LogP contribution in [0.4, 0.5) is 0 Å². The van der Waals surface area contributed by atoms with Crippen molar-refractivity contribution >= 4 is 11.9 Å². The summed E-state index contributed by atoms with van der Waals surface area (Å²) in [7, 11) is 0. The van der Waals surface area contributed by atoms with Crippen LogP contribution in [0.1, 0.15) is 53.9 Å². The lowest BCUT2D eigenvalue weighted by Gasteiger charge is -2.29. The van der Waals surface area contributed by atoms with E-state index in [-0.39, 0.29) is 36.2 Å². The molecular formula is C14H26O4. The molecule has 0 aliphatic heterocycles. The molecule has 0 bridgehead atoms. The van der Waals surface area contributed by atoms with Gasteiger partial charge in [-0.3, -0.25) is 9.59 Å². The Hall–Kier alpha value is -1.06. The molecule has 0 fully saturated rings. The van der Waals surface area contributed by atoms with Crippen LogP contribution in [0.25, 0.3) is 0 Å². The lowest BCUT2D eigenvalue weighted by atomic mass is 9.77. The van der Waals surface area contributed by atoms with E-state index in [0.717, 1.165) is 12.8 Å². The maximum Gasteiger partial charge on any atom is 0.309 e. The number of ether oxygens (including phenoxy) is 1. The molecular weight excluding hydrogens is 232 g/mol. The molecule has 0 aromatic rings. The third-order valence-corrected chi connectivity index (χ3v) is 3.40. The number of carbonyl (C=O) groups is 2. The number of carbonyl (C=O) groups excluding carboxylic acids is 1. The SMILES string of the molecule is CCC(C)(C)CC(C(=O)OCCC(=O)O)C(C)C. The largest absolute Gasteiger partial charge is 0.481 e. The van der Waals surface area contributed by atoms with Gasteiger partial charge in [0, 0.05) is 0 Å². The average molecular weight is 258 g/mol. The number of carboxylic acid groups (broad SMARTS) is 1. The van der Waals surface area contributed by atoms with Gasteiger partial charge in [-0.1, -0.05) is 41.0 Å². The van der Waals surface area contributed by atoms with Crippen LogP contribution in [0.3, 0.4) is 0 Å². The van der Waals surface area contributed by atoms with Crippen molar-refractivity contribution in [2.45, 2.75) is 53.9 Å². The molecule has 0 rings (SSSR count). The Labute approximate surface area is 110 Å². The molecule has 106 valence electrons. The summed E-state index contributed by atoms with van der Waals surface area (Å²) in [5.41, 5.74) is 0.0980.